The Kier molecular flexibility index (Phi) is 4.28. The van der Waals surface area contributed by atoms with E-state index in [9.17, 15) is 4.79 Å². The van der Waals surface area contributed by atoms with Gasteiger partial charge < -0.3 is 14.5 Å². The summed E-state index contributed by atoms with van der Waals surface area (Å²) in [6, 6.07) is 6.17. The van der Waals surface area contributed by atoms with Gasteiger partial charge in [0.05, 0.1) is 6.54 Å². The third-order valence-corrected chi connectivity index (χ3v) is 3.66. The Labute approximate surface area is 128 Å². The summed E-state index contributed by atoms with van der Waals surface area (Å²) in [4.78, 5) is 16.2. The zero-order valence-corrected chi connectivity index (χ0v) is 14.0. The van der Waals surface area contributed by atoms with Crippen LogP contribution in [0.3, 0.4) is 0 Å². The third kappa shape index (κ3) is 3.66. The Bertz CT molecular complexity index is 511. The zero-order valence-electron chi connectivity index (χ0n) is 12.4. The molecule has 0 bridgehead atoms. The van der Waals surface area contributed by atoms with E-state index in [1.807, 2.05) is 33.9 Å². The first-order valence-corrected chi connectivity index (χ1v) is 7.53. The van der Waals surface area contributed by atoms with Crippen LogP contribution < -0.4 is 4.90 Å². The molecule has 1 amide bonds. The lowest BCUT2D eigenvalue weighted by Gasteiger charge is -2.26. The Morgan fingerprint density at radius 3 is 2.65 bits per heavy atom. The molecule has 0 saturated heterocycles. The van der Waals surface area contributed by atoms with Crippen molar-refractivity contribution in [2.24, 2.45) is 0 Å². The highest BCUT2D eigenvalue weighted by molar-refractivity contribution is 9.10. The summed E-state index contributed by atoms with van der Waals surface area (Å²) in [6.07, 6.45) is -0.251. The van der Waals surface area contributed by atoms with Crippen LogP contribution in [0.5, 0.6) is 0 Å². The summed E-state index contributed by atoms with van der Waals surface area (Å²) in [5, 5.41) is 0. The van der Waals surface area contributed by atoms with Gasteiger partial charge in [0.25, 0.3) is 0 Å². The largest absolute Gasteiger partial charge is 0.444 e. The summed E-state index contributed by atoms with van der Waals surface area (Å²) in [5.74, 6) is 0. The lowest BCUT2D eigenvalue weighted by Crippen LogP contribution is -2.38. The molecule has 5 heteroatoms. The molecule has 0 aromatic heterocycles. The number of carbonyl (C=O) groups excluding carboxylic acids is 1. The number of rotatable bonds is 0. The number of ether oxygens (including phenoxy) is 1. The van der Waals surface area contributed by atoms with Crippen LogP contribution in [-0.2, 0) is 11.3 Å². The number of benzene rings is 1. The molecule has 20 heavy (non-hydrogen) atoms. The van der Waals surface area contributed by atoms with E-state index in [-0.39, 0.29) is 6.09 Å². The minimum Gasteiger partial charge on any atom is -0.444 e. The maximum absolute atomic E-state index is 12.2. The van der Waals surface area contributed by atoms with E-state index in [2.05, 4.69) is 33.0 Å². The first-order chi connectivity index (χ1) is 9.26. The van der Waals surface area contributed by atoms with Crippen LogP contribution in [0.15, 0.2) is 22.7 Å². The van der Waals surface area contributed by atoms with Gasteiger partial charge in [-0.1, -0.05) is 15.9 Å². The van der Waals surface area contributed by atoms with E-state index < -0.39 is 5.60 Å². The van der Waals surface area contributed by atoms with E-state index >= 15 is 0 Å². The van der Waals surface area contributed by atoms with Crippen LogP contribution in [0.4, 0.5) is 10.5 Å². The van der Waals surface area contributed by atoms with Gasteiger partial charge in [0, 0.05) is 30.3 Å². The molecule has 0 aliphatic carbocycles. The van der Waals surface area contributed by atoms with Crippen LogP contribution in [0, 0.1) is 0 Å². The lowest BCUT2D eigenvalue weighted by molar-refractivity contribution is 0.0243. The van der Waals surface area contributed by atoms with E-state index in [4.69, 9.17) is 4.74 Å². The summed E-state index contributed by atoms with van der Waals surface area (Å²) in [5.41, 5.74) is 1.83. The van der Waals surface area contributed by atoms with Crippen LogP contribution in [0.25, 0.3) is 0 Å². The average molecular weight is 341 g/mol. The fourth-order valence-electron chi connectivity index (χ4n) is 2.21. The van der Waals surface area contributed by atoms with Crippen molar-refractivity contribution in [3.63, 3.8) is 0 Å². The number of nitrogens with zero attached hydrogens (tertiary/aromatic N) is 2. The molecule has 110 valence electrons. The van der Waals surface area contributed by atoms with Crippen molar-refractivity contribution in [2.45, 2.75) is 32.9 Å². The van der Waals surface area contributed by atoms with Crippen molar-refractivity contribution in [1.29, 1.82) is 0 Å². The second kappa shape index (κ2) is 5.64. The number of hydrogen-bond acceptors (Lipinski definition) is 3. The highest BCUT2D eigenvalue weighted by Crippen LogP contribution is 2.27. The van der Waals surface area contributed by atoms with Crippen molar-refractivity contribution < 1.29 is 9.53 Å². The summed E-state index contributed by atoms with van der Waals surface area (Å²) < 4.78 is 6.49. The molecule has 0 fully saturated rings. The van der Waals surface area contributed by atoms with Crippen molar-refractivity contribution in [3.8, 4) is 0 Å². The van der Waals surface area contributed by atoms with Crippen LogP contribution in [0.1, 0.15) is 26.3 Å². The maximum Gasteiger partial charge on any atom is 0.410 e. The van der Waals surface area contributed by atoms with E-state index in [1.165, 1.54) is 5.69 Å². The van der Waals surface area contributed by atoms with E-state index in [1.54, 1.807) is 4.90 Å². The van der Waals surface area contributed by atoms with Crippen molar-refractivity contribution in [3.05, 3.63) is 28.2 Å². The molecular formula is C15H21BrN2O2. The number of anilines is 1. The van der Waals surface area contributed by atoms with Crippen LogP contribution in [-0.4, -0.2) is 36.7 Å². The Morgan fingerprint density at radius 1 is 1.30 bits per heavy atom. The summed E-state index contributed by atoms with van der Waals surface area (Å²) >= 11 is 3.49. The molecule has 1 aromatic carbocycles. The van der Waals surface area contributed by atoms with Gasteiger partial charge in [-0.15, -0.1) is 0 Å². The van der Waals surface area contributed by atoms with Gasteiger partial charge in [0.15, 0.2) is 0 Å². The Morgan fingerprint density at radius 2 is 2.00 bits per heavy atom. The molecule has 0 spiro atoms. The SMILES string of the molecule is CN1CCN(C(=O)OC(C)(C)C)Cc2cc(Br)ccc21. The van der Waals surface area contributed by atoms with Gasteiger partial charge in [-0.2, -0.15) is 0 Å². The molecule has 1 aliphatic heterocycles. The average Bonchev–Trinajstić information content (AvgIpc) is 2.46. The van der Waals surface area contributed by atoms with E-state index in [0.29, 0.717) is 13.1 Å². The van der Waals surface area contributed by atoms with Crippen LogP contribution in [0.2, 0.25) is 0 Å². The quantitative estimate of drug-likeness (QED) is 0.722. The van der Waals surface area contributed by atoms with Gasteiger partial charge in [0.1, 0.15) is 5.60 Å². The van der Waals surface area contributed by atoms with E-state index in [0.717, 1.165) is 16.6 Å². The third-order valence-electron chi connectivity index (χ3n) is 3.17. The fraction of sp³-hybridized carbons (Fsp3) is 0.533. The maximum atomic E-state index is 12.2. The monoisotopic (exact) mass is 340 g/mol. The molecule has 1 aliphatic rings. The predicted octanol–water partition coefficient (Wildman–Crippen LogP) is 3.64. The molecule has 0 atom stereocenters. The predicted molar refractivity (Wildman–Crippen MR) is 84.1 cm³/mol. The van der Waals surface area contributed by atoms with Crippen molar-refractivity contribution in [2.75, 3.05) is 25.0 Å². The summed E-state index contributed by atoms with van der Waals surface area (Å²) in [6.45, 7) is 7.71. The topological polar surface area (TPSA) is 32.8 Å². The smallest absolute Gasteiger partial charge is 0.410 e. The second-order valence-corrected chi connectivity index (χ2v) is 7.01. The first-order valence-electron chi connectivity index (χ1n) is 6.74. The van der Waals surface area contributed by atoms with Gasteiger partial charge in [-0.25, -0.2) is 4.79 Å². The zero-order chi connectivity index (χ0) is 14.9. The molecule has 1 heterocycles. The van der Waals surface area contributed by atoms with Crippen LogP contribution >= 0.6 is 15.9 Å². The van der Waals surface area contributed by atoms with Crippen molar-refractivity contribution >= 4 is 27.7 Å². The molecular weight excluding hydrogens is 320 g/mol. The number of amides is 1. The molecule has 1 aromatic rings. The molecule has 0 radical (unpaired) electrons. The number of halogens is 1. The molecule has 0 N–H and O–H groups in total. The number of fused-ring (bicyclic) bond motifs is 1. The minimum atomic E-state index is -0.463. The van der Waals surface area contributed by atoms with Gasteiger partial charge >= 0.3 is 6.09 Å². The molecule has 0 saturated carbocycles. The fourth-order valence-corrected chi connectivity index (χ4v) is 2.62. The van der Waals surface area contributed by atoms with Gasteiger partial charge in [0.2, 0.25) is 0 Å². The number of likely N-dealkylation sites (N-methyl/N-ethyl adjacent to an activating group) is 1. The lowest BCUT2D eigenvalue weighted by atomic mass is 10.1. The highest BCUT2D eigenvalue weighted by Gasteiger charge is 2.25. The summed E-state index contributed by atoms with van der Waals surface area (Å²) in [7, 11) is 2.05. The standard InChI is InChI=1S/C15H21BrN2O2/c1-15(2,3)20-14(19)18-8-7-17(4)13-6-5-12(16)9-11(13)10-18/h5-6,9H,7-8,10H2,1-4H3. The number of hydrogen-bond donors (Lipinski definition) is 0. The molecule has 2 rings (SSSR count). The van der Waals surface area contributed by atoms with Crippen molar-refractivity contribution in [1.82, 2.24) is 4.90 Å². The first kappa shape index (κ1) is 15.2. The Hall–Kier alpha value is -1.23. The Balaban J connectivity index is 2.22. The molecule has 0 unspecified atom stereocenters. The normalized spacial score (nSPS) is 15.7. The number of carbonyl (C=O) groups is 1. The molecule has 4 nitrogen and oxygen atoms in total. The van der Waals surface area contributed by atoms with Gasteiger partial charge in [-0.3, -0.25) is 0 Å². The highest BCUT2D eigenvalue weighted by atomic mass is 79.9. The second-order valence-electron chi connectivity index (χ2n) is 6.10. The minimum absolute atomic E-state index is 0.251. The van der Waals surface area contributed by atoms with Gasteiger partial charge in [-0.05, 0) is 44.5 Å².